The van der Waals surface area contributed by atoms with E-state index in [4.69, 9.17) is 18.9 Å². The van der Waals surface area contributed by atoms with Gasteiger partial charge < -0.3 is 28.4 Å². The molecule has 176 valence electrons. The SMILES string of the molecule is COC(=O)COCCOCCOCCOCCC(=O)Oc1c(F)c(F)c(F)c(F)c1F. The number of carbonyl (C=O) groups excluding carboxylic acids is 2. The van der Waals surface area contributed by atoms with Gasteiger partial charge in [0.2, 0.25) is 34.8 Å². The highest BCUT2D eigenvalue weighted by molar-refractivity contribution is 5.72. The van der Waals surface area contributed by atoms with Gasteiger partial charge in [-0.05, 0) is 0 Å². The number of ether oxygens (including phenoxy) is 6. The fraction of sp³-hybridized carbons (Fsp3) is 0.556. The lowest BCUT2D eigenvalue weighted by atomic mass is 10.2. The summed E-state index contributed by atoms with van der Waals surface area (Å²) < 4.78 is 94.7. The molecule has 8 nitrogen and oxygen atoms in total. The molecule has 0 aliphatic rings. The Balaban J connectivity index is 2.08. The van der Waals surface area contributed by atoms with E-state index in [1.807, 2.05) is 0 Å². The van der Waals surface area contributed by atoms with Crippen LogP contribution in [0, 0.1) is 29.1 Å². The van der Waals surface area contributed by atoms with Gasteiger partial charge in [-0.15, -0.1) is 0 Å². The summed E-state index contributed by atoms with van der Waals surface area (Å²) in [5.74, 6) is -14.7. The minimum atomic E-state index is -2.35. The zero-order chi connectivity index (χ0) is 23.2. The van der Waals surface area contributed by atoms with Crippen molar-refractivity contribution in [2.24, 2.45) is 0 Å². The highest BCUT2D eigenvalue weighted by atomic mass is 19.2. The molecule has 0 aromatic heterocycles. The van der Waals surface area contributed by atoms with Crippen LogP contribution in [0.15, 0.2) is 0 Å². The molecule has 1 aromatic carbocycles. The monoisotopic (exact) mass is 460 g/mol. The van der Waals surface area contributed by atoms with Crippen molar-refractivity contribution in [2.45, 2.75) is 6.42 Å². The molecule has 0 amide bonds. The molecule has 0 radical (unpaired) electrons. The van der Waals surface area contributed by atoms with Gasteiger partial charge in [0.1, 0.15) is 6.61 Å². The highest BCUT2D eigenvalue weighted by Gasteiger charge is 2.28. The van der Waals surface area contributed by atoms with Gasteiger partial charge in [-0.1, -0.05) is 0 Å². The van der Waals surface area contributed by atoms with Gasteiger partial charge in [-0.25, -0.2) is 18.0 Å². The maximum Gasteiger partial charge on any atom is 0.331 e. The number of carbonyl (C=O) groups is 2. The molecule has 0 fully saturated rings. The number of hydrogen-bond acceptors (Lipinski definition) is 8. The average molecular weight is 460 g/mol. The fourth-order valence-electron chi connectivity index (χ4n) is 1.87. The Kier molecular flexibility index (Phi) is 12.6. The summed E-state index contributed by atoms with van der Waals surface area (Å²) in [6, 6.07) is 0. The first-order chi connectivity index (χ1) is 14.8. The Morgan fingerprint density at radius 3 is 1.52 bits per heavy atom. The molecule has 0 unspecified atom stereocenters. The van der Waals surface area contributed by atoms with E-state index in [1.54, 1.807) is 0 Å². The van der Waals surface area contributed by atoms with Gasteiger partial charge in [0.15, 0.2) is 0 Å². The van der Waals surface area contributed by atoms with Crippen molar-refractivity contribution in [2.75, 3.05) is 60.0 Å². The number of hydrogen-bond donors (Lipinski definition) is 0. The largest absolute Gasteiger partial charge is 0.467 e. The van der Waals surface area contributed by atoms with E-state index < -0.39 is 53.2 Å². The summed E-state index contributed by atoms with van der Waals surface area (Å²) in [6.07, 6.45) is -0.492. The lowest BCUT2D eigenvalue weighted by Gasteiger charge is -2.09. The predicted molar refractivity (Wildman–Crippen MR) is 91.8 cm³/mol. The van der Waals surface area contributed by atoms with Crippen LogP contribution in [-0.4, -0.2) is 71.9 Å². The lowest BCUT2D eigenvalue weighted by Crippen LogP contribution is -2.17. The first-order valence-electron chi connectivity index (χ1n) is 8.89. The zero-order valence-electron chi connectivity index (χ0n) is 16.5. The van der Waals surface area contributed by atoms with E-state index in [-0.39, 0.29) is 52.9 Å². The summed E-state index contributed by atoms with van der Waals surface area (Å²) >= 11 is 0. The second-order valence-corrected chi connectivity index (χ2v) is 5.59. The number of methoxy groups -OCH3 is 1. The Morgan fingerprint density at radius 1 is 0.613 bits per heavy atom. The molecule has 0 saturated carbocycles. The van der Waals surface area contributed by atoms with E-state index in [9.17, 15) is 31.5 Å². The first-order valence-corrected chi connectivity index (χ1v) is 8.89. The number of halogens is 5. The van der Waals surface area contributed by atoms with Gasteiger partial charge >= 0.3 is 11.9 Å². The summed E-state index contributed by atoms with van der Waals surface area (Å²) in [7, 11) is 1.25. The highest BCUT2D eigenvalue weighted by Crippen LogP contribution is 2.29. The first kappa shape index (κ1) is 26.7. The van der Waals surface area contributed by atoms with Crippen LogP contribution < -0.4 is 4.74 Å². The number of rotatable bonds is 15. The van der Waals surface area contributed by atoms with Crippen LogP contribution in [0.3, 0.4) is 0 Å². The second kappa shape index (κ2) is 14.6. The third-order valence-electron chi connectivity index (χ3n) is 3.40. The Morgan fingerprint density at radius 2 is 1.03 bits per heavy atom. The molecule has 0 atom stereocenters. The topological polar surface area (TPSA) is 89.5 Å². The van der Waals surface area contributed by atoms with Gasteiger partial charge in [0.25, 0.3) is 0 Å². The normalized spacial score (nSPS) is 10.9. The van der Waals surface area contributed by atoms with Crippen LogP contribution in [0.1, 0.15) is 6.42 Å². The minimum Gasteiger partial charge on any atom is -0.467 e. The van der Waals surface area contributed by atoms with Crippen molar-refractivity contribution in [1.82, 2.24) is 0 Å². The Labute approximate surface area is 174 Å². The summed E-state index contributed by atoms with van der Waals surface area (Å²) in [6.45, 7) is 0.779. The minimum absolute atomic E-state index is 0.0675. The molecule has 31 heavy (non-hydrogen) atoms. The smallest absolute Gasteiger partial charge is 0.331 e. The van der Waals surface area contributed by atoms with Crippen LogP contribution in [-0.2, 0) is 33.3 Å². The molecular formula is C18H21F5O8. The average Bonchev–Trinajstić information content (AvgIpc) is 2.76. The summed E-state index contributed by atoms with van der Waals surface area (Å²) in [5.41, 5.74) is 0. The standard InChI is InChI=1S/C18H21F5O8/c1-26-12(25)10-30-9-8-29-7-6-28-5-4-27-3-2-11(24)31-18-16(22)14(20)13(19)15(21)17(18)23/h2-10H2,1H3. The van der Waals surface area contributed by atoms with Gasteiger partial charge in [-0.2, -0.15) is 8.78 Å². The molecular weight excluding hydrogens is 439 g/mol. The summed E-state index contributed by atoms with van der Waals surface area (Å²) in [4.78, 5) is 22.3. The zero-order valence-corrected chi connectivity index (χ0v) is 16.5. The van der Waals surface area contributed by atoms with Crippen molar-refractivity contribution in [3.63, 3.8) is 0 Å². The molecule has 0 saturated heterocycles. The van der Waals surface area contributed by atoms with Crippen molar-refractivity contribution in [3.05, 3.63) is 29.1 Å². The quantitative estimate of drug-likeness (QED) is 0.0980. The number of benzene rings is 1. The van der Waals surface area contributed by atoms with Gasteiger partial charge in [0.05, 0.1) is 59.8 Å². The molecule has 13 heteroatoms. The number of esters is 2. The molecule has 0 spiro atoms. The molecule has 1 rings (SSSR count). The summed E-state index contributed by atoms with van der Waals surface area (Å²) in [5, 5.41) is 0. The third-order valence-corrected chi connectivity index (χ3v) is 3.40. The Bertz CT molecular complexity index is 702. The fourth-order valence-corrected chi connectivity index (χ4v) is 1.87. The van der Waals surface area contributed by atoms with Gasteiger partial charge in [-0.3, -0.25) is 4.79 Å². The van der Waals surface area contributed by atoms with Crippen molar-refractivity contribution in [1.29, 1.82) is 0 Å². The lowest BCUT2D eigenvalue weighted by molar-refractivity contribution is -0.146. The molecule has 0 heterocycles. The third kappa shape index (κ3) is 9.55. The molecule has 0 aliphatic carbocycles. The predicted octanol–water partition coefficient (Wildman–Crippen LogP) is 1.92. The van der Waals surface area contributed by atoms with Crippen LogP contribution in [0.4, 0.5) is 22.0 Å². The van der Waals surface area contributed by atoms with E-state index >= 15 is 0 Å². The van der Waals surface area contributed by atoms with Crippen molar-refractivity contribution >= 4 is 11.9 Å². The van der Waals surface area contributed by atoms with Crippen molar-refractivity contribution in [3.8, 4) is 5.75 Å². The molecule has 0 N–H and O–H groups in total. The van der Waals surface area contributed by atoms with E-state index in [0.29, 0.717) is 0 Å². The van der Waals surface area contributed by atoms with Crippen LogP contribution in [0.25, 0.3) is 0 Å². The van der Waals surface area contributed by atoms with Crippen LogP contribution in [0.5, 0.6) is 5.75 Å². The van der Waals surface area contributed by atoms with Crippen LogP contribution >= 0.6 is 0 Å². The van der Waals surface area contributed by atoms with E-state index in [0.717, 1.165) is 0 Å². The van der Waals surface area contributed by atoms with Crippen molar-refractivity contribution < 1.29 is 60.0 Å². The second-order valence-electron chi connectivity index (χ2n) is 5.59. The molecule has 0 bridgehead atoms. The Hall–Kier alpha value is -2.35. The van der Waals surface area contributed by atoms with E-state index in [2.05, 4.69) is 9.47 Å². The van der Waals surface area contributed by atoms with Gasteiger partial charge in [0, 0.05) is 0 Å². The maximum atomic E-state index is 13.4. The van der Waals surface area contributed by atoms with Crippen LogP contribution in [0.2, 0.25) is 0 Å². The molecule has 1 aromatic rings. The maximum absolute atomic E-state index is 13.4. The molecule has 0 aliphatic heterocycles. The van der Waals surface area contributed by atoms with E-state index in [1.165, 1.54) is 7.11 Å².